The van der Waals surface area contributed by atoms with Crippen LogP contribution in [0.25, 0.3) is 0 Å². The Hall–Kier alpha value is -2.29. The van der Waals surface area contributed by atoms with E-state index in [9.17, 15) is 18.0 Å². The highest BCUT2D eigenvalue weighted by Gasteiger charge is 2.26. The molecule has 0 radical (unpaired) electrons. The quantitative estimate of drug-likeness (QED) is 0.420. The summed E-state index contributed by atoms with van der Waals surface area (Å²) >= 11 is 12.1. The van der Waals surface area contributed by atoms with Crippen molar-refractivity contribution < 1.29 is 18.0 Å². The molecule has 1 N–H and O–H groups in total. The van der Waals surface area contributed by atoms with Gasteiger partial charge in [-0.05, 0) is 55.2 Å². The van der Waals surface area contributed by atoms with Gasteiger partial charge in [-0.2, -0.15) is 0 Å². The molecule has 35 heavy (non-hydrogen) atoms. The number of anilines is 1. The van der Waals surface area contributed by atoms with Crippen molar-refractivity contribution in [1.82, 2.24) is 10.2 Å². The minimum Gasteiger partial charge on any atom is -0.354 e. The fourth-order valence-electron chi connectivity index (χ4n) is 3.50. The number of amides is 2. The Bertz CT molecular complexity index is 1130. The Morgan fingerprint density at radius 3 is 2.20 bits per heavy atom. The number of nitrogens with zero attached hydrogens (tertiary/aromatic N) is 2. The Morgan fingerprint density at radius 2 is 1.63 bits per heavy atom. The molecule has 0 aliphatic carbocycles. The molecule has 2 aromatic rings. The van der Waals surface area contributed by atoms with Gasteiger partial charge in [-0.15, -0.1) is 0 Å². The lowest BCUT2D eigenvalue weighted by atomic mass is 10.1. The maximum atomic E-state index is 13.3. The van der Waals surface area contributed by atoms with E-state index in [2.05, 4.69) is 5.32 Å². The monoisotopic (exact) mass is 541 g/mol. The van der Waals surface area contributed by atoms with Crippen molar-refractivity contribution in [3.8, 4) is 0 Å². The number of nitrogens with one attached hydrogen (secondary N) is 1. The number of rotatable bonds is 12. The summed E-state index contributed by atoms with van der Waals surface area (Å²) in [5.74, 6) is -0.223. The van der Waals surface area contributed by atoms with E-state index in [0.717, 1.165) is 11.8 Å². The zero-order chi connectivity index (χ0) is 26.2. The number of hydrogen-bond acceptors (Lipinski definition) is 4. The molecule has 0 heterocycles. The minimum absolute atomic E-state index is 0.0644. The maximum absolute atomic E-state index is 13.3. The van der Waals surface area contributed by atoms with Crippen LogP contribution in [0.3, 0.4) is 0 Å². The molecule has 0 fully saturated rings. The smallest absolute Gasteiger partial charge is 0.242 e. The van der Waals surface area contributed by atoms with Crippen LogP contribution in [0.1, 0.15) is 39.2 Å². The SMILES string of the molecule is CC(C)CNC(=O)C(C)N(Cc1cccc(Cl)c1)C(=O)CCCN(c1cccc(Cl)c1)S(C)(=O)=O. The average Bonchev–Trinajstić information content (AvgIpc) is 2.77. The van der Waals surface area contributed by atoms with Gasteiger partial charge in [-0.1, -0.05) is 55.2 Å². The van der Waals surface area contributed by atoms with Crippen molar-refractivity contribution in [3.63, 3.8) is 0 Å². The van der Waals surface area contributed by atoms with Crippen molar-refractivity contribution in [2.45, 2.75) is 46.2 Å². The first-order valence-electron chi connectivity index (χ1n) is 11.4. The van der Waals surface area contributed by atoms with Gasteiger partial charge in [0.05, 0.1) is 11.9 Å². The molecule has 1 unspecified atom stereocenters. The number of carbonyl (C=O) groups excluding carboxylic acids is 2. The van der Waals surface area contributed by atoms with Crippen molar-refractivity contribution >= 4 is 50.7 Å². The van der Waals surface area contributed by atoms with Gasteiger partial charge < -0.3 is 10.2 Å². The first-order valence-corrected chi connectivity index (χ1v) is 14.0. The fraction of sp³-hybridized carbons (Fsp3) is 0.440. The standard InChI is InChI=1S/C25H33Cl2N3O4S/c1-18(2)16-28-25(32)19(3)29(17-20-8-5-9-21(26)14-20)24(31)12-7-13-30(35(4,33)34)23-11-6-10-22(27)15-23/h5-6,8-11,14-15,18-19H,7,12-13,16-17H2,1-4H3,(H,28,32). The van der Waals surface area contributed by atoms with Gasteiger partial charge in [-0.25, -0.2) is 8.42 Å². The van der Waals surface area contributed by atoms with Gasteiger partial charge in [0.1, 0.15) is 6.04 Å². The first kappa shape index (κ1) is 28.9. The van der Waals surface area contributed by atoms with E-state index in [0.29, 0.717) is 22.3 Å². The molecule has 0 aromatic heterocycles. The topological polar surface area (TPSA) is 86.8 Å². The third kappa shape index (κ3) is 9.35. The molecule has 2 amide bonds. The van der Waals surface area contributed by atoms with Crippen molar-refractivity contribution in [2.24, 2.45) is 5.92 Å². The third-order valence-corrected chi connectivity index (χ3v) is 7.01. The number of halogens is 2. The number of sulfonamides is 1. The number of carbonyl (C=O) groups is 2. The van der Waals surface area contributed by atoms with Gasteiger partial charge in [0.15, 0.2) is 0 Å². The van der Waals surface area contributed by atoms with Crippen molar-refractivity contribution in [2.75, 3.05) is 23.7 Å². The molecule has 0 bridgehead atoms. The summed E-state index contributed by atoms with van der Waals surface area (Å²) in [6.07, 6.45) is 1.45. The molecule has 10 heteroatoms. The van der Waals surface area contributed by atoms with Gasteiger partial charge in [0, 0.05) is 36.1 Å². The molecule has 1 atom stereocenters. The van der Waals surface area contributed by atoms with E-state index in [4.69, 9.17) is 23.2 Å². The Labute approximate surface area is 218 Å². The lowest BCUT2D eigenvalue weighted by Gasteiger charge is -2.29. The predicted octanol–water partition coefficient (Wildman–Crippen LogP) is 4.73. The fourth-order valence-corrected chi connectivity index (χ4v) is 4.86. The van der Waals surface area contributed by atoms with Crippen LogP contribution in [0.2, 0.25) is 10.0 Å². The van der Waals surface area contributed by atoms with E-state index in [1.165, 1.54) is 9.21 Å². The normalized spacial score (nSPS) is 12.3. The average molecular weight is 543 g/mol. The van der Waals surface area contributed by atoms with Crippen LogP contribution >= 0.6 is 23.2 Å². The summed E-state index contributed by atoms with van der Waals surface area (Å²) in [6, 6.07) is 13.0. The second-order valence-corrected chi connectivity index (χ2v) is 11.7. The van der Waals surface area contributed by atoms with Gasteiger partial charge in [0.2, 0.25) is 21.8 Å². The molecular weight excluding hydrogens is 509 g/mol. The molecule has 0 aliphatic heterocycles. The third-order valence-electron chi connectivity index (χ3n) is 5.34. The van der Waals surface area contributed by atoms with Crippen LogP contribution in [0, 0.1) is 5.92 Å². The summed E-state index contributed by atoms with van der Waals surface area (Å²) in [4.78, 5) is 27.5. The van der Waals surface area contributed by atoms with E-state index in [1.54, 1.807) is 49.4 Å². The first-order chi connectivity index (χ1) is 16.4. The summed E-state index contributed by atoms with van der Waals surface area (Å²) in [5.41, 5.74) is 1.23. The van der Waals surface area contributed by atoms with Crippen LogP contribution in [-0.2, 0) is 26.2 Å². The highest BCUT2D eigenvalue weighted by molar-refractivity contribution is 7.92. The Morgan fingerprint density at radius 1 is 1.00 bits per heavy atom. The van der Waals surface area contributed by atoms with E-state index >= 15 is 0 Å². The molecule has 0 aliphatic rings. The zero-order valence-corrected chi connectivity index (χ0v) is 22.8. The van der Waals surface area contributed by atoms with Gasteiger partial charge in [-0.3, -0.25) is 13.9 Å². The highest BCUT2D eigenvalue weighted by Crippen LogP contribution is 2.23. The van der Waals surface area contributed by atoms with Crippen LogP contribution in [0.15, 0.2) is 48.5 Å². The summed E-state index contributed by atoms with van der Waals surface area (Å²) in [7, 11) is -3.58. The molecule has 0 saturated carbocycles. The molecule has 0 saturated heterocycles. The second-order valence-electron chi connectivity index (χ2n) is 8.89. The van der Waals surface area contributed by atoms with Crippen molar-refractivity contribution in [3.05, 3.63) is 64.1 Å². The summed E-state index contributed by atoms with van der Waals surface area (Å²) < 4.78 is 26.0. The van der Waals surface area contributed by atoms with E-state index in [-0.39, 0.29) is 43.7 Å². The largest absolute Gasteiger partial charge is 0.354 e. The zero-order valence-electron chi connectivity index (χ0n) is 20.5. The Balaban J connectivity index is 2.16. The molecule has 2 rings (SSSR count). The molecular formula is C25H33Cl2N3O4S. The van der Waals surface area contributed by atoms with Crippen LogP contribution in [-0.4, -0.2) is 50.5 Å². The summed E-state index contributed by atoms with van der Waals surface area (Å²) in [6.45, 7) is 6.49. The van der Waals surface area contributed by atoms with Gasteiger partial charge >= 0.3 is 0 Å². The molecule has 0 spiro atoms. The highest BCUT2D eigenvalue weighted by atomic mass is 35.5. The van der Waals surface area contributed by atoms with E-state index in [1.807, 2.05) is 19.9 Å². The molecule has 2 aromatic carbocycles. The van der Waals surface area contributed by atoms with Crippen LogP contribution in [0.4, 0.5) is 5.69 Å². The molecule has 7 nitrogen and oxygen atoms in total. The van der Waals surface area contributed by atoms with Crippen LogP contribution in [0.5, 0.6) is 0 Å². The van der Waals surface area contributed by atoms with Gasteiger partial charge in [0.25, 0.3) is 0 Å². The lowest BCUT2D eigenvalue weighted by Crippen LogP contribution is -2.48. The Kier molecular flexibility index (Phi) is 10.9. The van der Waals surface area contributed by atoms with Crippen LogP contribution < -0.4 is 9.62 Å². The predicted molar refractivity (Wildman–Crippen MR) is 142 cm³/mol. The summed E-state index contributed by atoms with van der Waals surface area (Å²) in [5, 5.41) is 3.83. The number of hydrogen-bond donors (Lipinski definition) is 1. The second kappa shape index (κ2) is 13.1. The van der Waals surface area contributed by atoms with Crippen molar-refractivity contribution in [1.29, 1.82) is 0 Å². The number of benzene rings is 2. The molecule has 192 valence electrons. The maximum Gasteiger partial charge on any atom is 0.242 e. The lowest BCUT2D eigenvalue weighted by molar-refractivity contribution is -0.140. The minimum atomic E-state index is -3.58. The van der Waals surface area contributed by atoms with E-state index < -0.39 is 16.1 Å².